The fraction of sp³-hybridized carbons (Fsp3) is 0.182. The largest absolute Gasteiger partial charge is 0.490 e. The van der Waals surface area contributed by atoms with Crippen molar-refractivity contribution in [3.8, 4) is 11.5 Å². The van der Waals surface area contributed by atoms with Gasteiger partial charge in [0.2, 0.25) is 0 Å². The maximum Gasteiger partial charge on any atom is 0.175 e. The van der Waals surface area contributed by atoms with Crippen LogP contribution in [0.1, 0.15) is 18.1 Å². The molecule has 0 aliphatic rings. The molecule has 0 aliphatic carbocycles. The van der Waals surface area contributed by atoms with Crippen LogP contribution in [0.4, 0.5) is 5.69 Å². The minimum absolute atomic E-state index is 0.389. The van der Waals surface area contributed by atoms with Crippen molar-refractivity contribution >= 4 is 56.4 Å². The van der Waals surface area contributed by atoms with Crippen LogP contribution in [-0.2, 0) is 13.2 Å². The second kappa shape index (κ2) is 10.4. The van der Waals surface area contributed by atoms with Gasteiger partial charge in [0.05, 0.1) is 21.1 Å². The average molecular weight is 516 g/mol. The number of anilines is 1. The number of hydrogen-bond donors (Lipinski definition) is 1. The summed E-state index contributed by atoms with van der Waals surface area (Å²) in [5.41, 5.74) is 2.90. The Morgan fingerprint density at radius 3 is 2.45 bits per heavy atom. The van der Waals surface area contributed by atoms with Crippen molar-refractivity contribution in [3.05, 3.63) is 85.3 Å². The number of hydrogen-bond acceptors (Lipinski definition) is 3. The summed E-state index contributed by atoms with van der Waals surface area (Å²) in [6, 6.07) is 17.0. The van der Waals surface area contributed by atoms with Crippen molar-refractivity contribution in [2.24, 2.45) is 0 Å². The van der Waals surface area contributed by atoms with E-state index in [1.807, 2.05) is 49.4 Å². The molecule has 0 aromatic heterocycles. The summed E-state index contributed by atoms with van der Waals surface area (Å²) < 4.78 is 12.7. The Kier molecular flexibility index (Phi) is 7.96. The van der Waals surface area contributed by atoms with Crippen LogP contribution in [0.5, 0.6) is 11.5 Å². The van der Waals surface area contributed by atoms with Gasteiger partial charge in [-0.05, 0) is 76.4 Å². The quantitative estimate of drug-likeness (QED) is 0.330. The molecule has 3 aromatic carbocycles. The van der Waals surface area contributed by atoms with Gasteiger partial charge in [-0.1, -0.05) is 46.9 Å². The highest BCUT2D eigenvalue weighted by Crippen LogP contribution is 2.38. The van der Waals surface area contributed by atoms with Crippen LogP contribution in [-0.4, -0.2) is 6.61 Å². The van der Waals surface area contributed by atoms with Gasteiger partial charge >= 0.3 is 0 Å². The van der Waals surface area contributed by atoms with E-state index in [2.05, 4.69) is 21.2 Å². The van der Waals surface area contributed by atoms with Crippen LogP contribution in [0.15, 0.2) is 59.1 Å². The highest BCUT2D eigenvalue weighted by molar-refractivity contribution is 9.10. The first-order valence-electron chi connectivity index (χ1n) is 8.97. The summed E-state index contributed by atoms with van der Waals surface area (Å²) in [4.78, 5) is 0. The molecule has 0 spiro atoms. The number of benzene rings is 3. The Morgan fingerprint density at radius 1 is 0.897 bits per heavy atom. The van der Waals surface area contributed by atoms with Gasteiger partial charge in [-0.2, -0.15) is 0 Å². The summed E-state index contributed by atoms with van der Waals surface area (Å²) in [6.45, 7) is 3.45. The second-order valence-corrected chi connectivity index (χ2v) is 8.34. The molecule has 0 saturated carbocycles. The van der Waals surface area contributed by atoms with E-state index in [1.54, 1.807) is 12.1 Å². The Balaban J connectivity index is 1.75. The first-order valence-corrected chi connectivity index (χ1v) is 10.9. The molecule has 3 nitrogen and oxygen atoms in total. The highest BCUT2D eigenvalue weighted by atomic mass is 79.9. The van der Waals surface area contributed by atoms with Crippen molar-refractivity contribution in [1.82, 2.24) is 0 Å². The maximum absolute atomic E-state index is 6.08. The Hall–Kier alpha value is -1.59. The van der Waals surface area contributed by atoms with Crippen molar-refractivity contribution in [1.29, 1.82) is 0 Å². The monoisotopic (exact) mass is 513 g/mol. The van der Waals surface area contributed by atoms with E-state index in [-0.39, 0.29) is 0 Å². The molecule has 0 saturated heterocycles. The van der Waals surface area contributed by atoms with Gasteiger partial charge in [-0.15, -0.1) is 0 Å². The third-order valence-electron chi connectivity index (χ3n) is 4.06. The summed E-state index contributed by atoms with van der Waals surface area (Å²) in [6.07, 6.45) is 0. The lowest BCUT2D eigenvalue weighted by molar-refractivity contribution is 0.267. The molecule has 0 atom stereocenters. The van der Waals surface area contributed by atoms with Crippen molar-refractivity contribution in [3.63, 3.8) is 0 Å². The Labute approximate surface area is 194 Å². The summed E-state index contributed by atoms with van der Waals surface area (Å²) >= 11 is 21.7. The van der Waals surface area contributed by atoms with Crippen molar-refractivity contribution < 1.29 is 9.47 Å². The zero-order valence-corrected chi connectivity index (χ0v) is 19.5. The molecular weight excluding hydrogens is 497 g/mol. The van der Waals surface area contributed by atoms with Crippen LogP contribution in [0.3, 0.4) is 0 Å². The number of halogens is 4. The molecule has 0 aliphatic heterocycles. The lowest BCUT2D eigenvalue weighted by atomic mass is 10.2. The fourth-order valence-electron chi connectivity index (χ4n) is 2.72. The normalized spacial score (nSPS) is 10.7. The van der Waals surface area contributed by atoms with Gasteiger partial charge in [-0.25, -0.2) is 0 Å². The van der Waals surface area contributed by atoms with E-state index in [1.165, 1.54) is 0 Å². The minimum atomic E-state index is 0.389. The topological polar surface area (TPSA) is 30.5 Å². The molecule has 0 unspecified atom stereocenters. The SMILES string of the molecule is CCOc1cc(CNc2ccc(Cl)c(Cl)c2)cc(Br)c1OCc1cccc(Cl)c1. The van der Waals surface area contributed by atoms with Gasteiger partial charge in [0.1, 0.15) is 6.61 Å². The van der Waals surface area contributed by atoms with Crippen LogP contribution in [0.2, 0.25) is 15.1 Å². The maximum atomic E-state index is 6.08. The van der Waals surface area contributed by atoms with Crippen molar-refractivity contribution in [2.45, 2.75) is 20.1 Å². The fourth-order valence-corrected chi connectivity index (χ4v) is 3.83. The molecule has 0 bridgehead atoms. The summed E-state index contributed by atoms with van der Waals surface area (Å²) in [5.74, 6) is 1.33. The Bertz CT molecular complexity index is 998. The lowest BCUT2D eigenvalue weighted by Crippen LogP contribution is -2.04. The average Bonchev–Trinajstić information content (AvgIpc) is 2.68. The van der Waals surface area contributed by atoms with Gasteiger partial charge in [0.15, 0.2) is 11.5 Å². The summed E-state index contributed by atoms with van der Waals surface area (Å²) in [5, 5.41) is 5.05. The summed E-state index contributed by atoms with van der Waals surface area (Å²) in [7, 11) is 0. The molecule has 1 N–H and O–H groups in total. The van der Waals surface area contributed by atoms with Gasteiger partial charge in [-0.3, -0.25) is 0 Å². The van der Waals surface area contributed by atoms with E-state index < -0.39 is 0 Å². The smallest absolute Gasteiger partial charge is 0.175 e. The minimum Gasteiger partial charge on any atom is -0.490 e. The third kappa shape index (κ3) is 6.19. The van der Waals surface area contributed by atoms with Crippen LogP contribution < -0.4 is 14.8 Å². The predicted molar refractivity (Wildman–Crippen MR) is 125 cm³/mol. The van der Waals surface area contributed by atoms with E-state index in [0.29, 0.717) is 46.3 Å². The lowest BCUT2D eigenvalue weighted by Gasteiger charge is -2.16. The molecule has 29 heavy (non-hydrogen) atoms. The molecule has 0 amide bonds. The number of nitrogens with one attached hydrogen (secondary N) is 1. The standard InChI is InChI=1S/C22H19BrCl3NO2/c1-2-28-21-10-15(12-27-17-6-7-19(25)20(26)11-17)9-18(23)22(21)29-13-14-4-3-5-16(24)8-14/h3-11,27H,2,12-13H2,1H3. The van der Waals surface area contributed by atoms with E-state index >= 15 is 0 Å². The Morgan fingerprint density at radius 2 is 1.72 bits per heavy atom. The first-order chi connectivity index (χ1) is 14.0. The van der Waals surface area contributed by atoms with Crippen LogP contribution >= 0.6 is 50.7 Å². The van der Waals surface area contributed by atoms with Gasteiger partial charge in [0, 0.05) is 17.3 Å². The molecule has 7 heteroatoms. The predicted octanol–water partition coefficient (Wildman–Crippen LogP) is 8.00. The van der Waals surface area contributed by atoms with E-state index in [9.17, 15) is 0 Å². The third-order valence-corrected chi connectivity index (χ3v) is 5.62. The first kappa shape index (κ1) is 22.1. The number of ether oxygens (including phenoxy) is 2. The van der Waals surface area contributed by atoms with Crippen LogP contribution in [0, 0.1) is 0 Å². The molecule has 0 radical (unpaired) electrons. The highest BCUT2D eigenvalue weighted by Gasteiger charge is 2.13. The van der Waals surface area contributed by atoms with E-state index in [4.69, 9.17) is 44.3 Å². The molecular formula is C22H19BrCl3NO2. The zero-order chi connectivity index (χ0) is 20.8. The van der Waals surface area contributed by atoms with E-state index in [0.717, 1.165) is 21.3 Å². The van der Waals surface area contributed by atoms with Gasteiger partial charge in [0.25, 0.3) is 0 Å². The molecule has 3 rings (SSSR count). The van der Waals surface area contributed by atoms with Crippen LogP contribution in [0.25, 0.3) is 0 Å². The zero-order valence-electron chi connectivity index (χ0n) is 15.6. The molecule has 0 fully saturated rings. The van der Waals surface area contributed by atoms with Crippen molar-refractivity contribution in [2.75, 3.05) is 11.9 Å². The molecule has 152 valence electrons. The number of rotatable bonds is 8. The second-order valence-electron chi connectivity index (χ2n) is 6.24. The molecule has 3 aromatic rings. The molecule has 0 heterocycles. The van der Waals surface area contributed by atoms with Gasteiger partial charge < -0.3 is 14.8 Å².